The minimum absolute atomic E-state index is 0.0905. The highest BCUT2D eigenvalue weighted by atomic mass is 32.2. The zero-order chi connectivity index (χ0) is 31.9. The highest BCUT2D eigenvalue weighted by molar-refractivity contribution is 7.89. The molecule has 0 saturated carbocycles. The molecule has 3 N–H and O–H groups in total. The van der Waals surface area contributed by atoms with E-state index in [1.807, 2.05) is 18.2 Å². The average Bonchev–Trinajstić information content (AvgIpc) is 3.41. The molecule has 0 spiro atoms. The molecule has 1 amide bonds. The van der Waals surface area contributed by atoms with Crippen molar-refractivity contribution in [3.63, 3.8) is 0 Å². The number of carbonyl (C=O) groups excluding carboxylic acids is 1. The zero-order valence-corrected chi connectivity index (χ0v) is 26.5. The Kier molecular flexibility index (Phi) is 8.83. The average molecular weight is 644 g/mol. The number of hydrogen-bond acceptors (Lipinski definition) is 8. The maximum Gasteiger partial charge on any atom is 0.258 e. The molecule has 3 aliphatic rings. The molecule has 242 valence electrons. The van der Waals surface area contributed by atoms with Gasteiger partial charge in [0, 0.05) is 92.6 Å². The summed E-state index contributed by atoms with van der Waals surface area (Å²) >= 11 is 0. The van der Waals surface area contributed by atoms with E-state index in [2.05, 4.69) is 51.5 Å². The summed E-state index contributed by atoms with van der Waals surface area (Å²) in [6.45, 7) is 7.41. The summed E-state index contributed by atoms with van der Waals surface area (Å²) in [4.78, 5) is 18.0. The first-order valence-electron chi connectivity index (χ1n) is 15.3. The molecule has 2 saturated heterocycles. The van der Waals surface area contributed by atoms with Gasteiger partial charge in [0.15, 0.2) is 5.82 Å². The molecule has 14 heteroatoms. The third-order valence-electron chi connectivity index (χ3n) is 9.16. The molecule has 3 aliphatic heterocycles. The van der Waals surface area contributed by atoms with Crippen molar-refractivity contribution in [3.8, 4) is 0 Å². The first kappa shape index (κ1) is 31.4. The predicted octanol–water partition coefficient (Wildman–Crippen LogP) is 3.81. The number of amides is 1. The molecular formula is C31H39F2N7O4S. The van der Waals surface area contributed by atoms with Crippen molar-refractivity contribution in [2.75, 3.05) is 55.4 Å². The van der Waals surface area contributed by atoms with Crippen LogP contribution in [0.25, 0.3) is 0 Å². The van der Waals surface area contributed by atoms with E-state index in [1.165, 1.54) is 0 Å². The number of piperazine rings is 1. The van der Waals surface area contributed by atoms with Crippen LogP contribution in [-0.2, 0) is 27.7 Å². The first-order chi connectivity index (χ1) is 21.5. The Morgan fingerprint density at radius 1 is 1.04 bits per heavy atom. The number of sulfonamides is 1. The van der Waals surface area contributed by atoms with Crippen molar-refractivity contribution in [1.82, 2.24) is 19.4 Å². The van der Waals surface area contributed by atoms with Crippen molar-refractivity contribution < 1.29 is 26.7 Å². The van der Waals surface area contributed by atoms with Crippen molar-refractivity contribution in [2.24, 2.45) is 0 Å². The van der Waals surface area contributed by atoms with Crippen LogP contribution in [0.15, 0.2) is 41.3 Å². The lowest BCUT2D eigenvalue weighted by molar-refractivity contribution is 0.0904. The summed E-state index contributed by atoms with van der Waals surface area (Å²) in [6, 6.07) is 8.92. The Bertz CT molecular complexity index is 1650. The summed E-state index contributed by atoms with van der Waals surface area (Å²) in [5.74, 6) is -2.13. The SMILES string of the molecule is CC1CN(c2ccc(C(=O)Nc3n[nH]c4c3CN(S(=O)(=O)c3cc(F)cc(F)c3)CC4)c(NC3CCOCC3)c2)CC(C)N1C. The number of likely N-dealkylation sites (N-methyl/N-ethyl adjacent to an activating group) is 1. The van der Waals surface area contributed by atoms with E-state index in [0.717, 1.165) is 48.1 Å². The Balaban J connectivity index is 1.25. The van der Waals surface area contributed by atoms with Gasteiger partial charge in [-0.05, 0) is 64.1 Å². The lowest BCUT2D eigenvalue weighted by Gasteiger charge is -2.43. The number of nitrogens with one attached hydrogen (secondary N) is 3. The van der Waals surface area contributed by atoms with Crippen LogP contribution >= 0.6 is 0 Å². The fraction of sp³-hybridized carbons (Fsp3) is 0.484. The number of carbonyl (C=O) groups is 1. The van der Waals surface area contributed by atoms with Crippen LogP contribution in [0.5, 0.6) is 0 Å². The number of hydrogen-bond donors (Lipinski definition) is 3. The van der Waals surface area contributed by atoms with Crippen LogP contribution in [0.1, 0.15) is 48.3 Å². The summed E-state index contributed by atoms with van der Waals surface area (Å²) in [5, 5.41) is 13.7. The van der Waals surface area contributed by atoms with Crippen molar-refractivity contribution in [1.29, 1.82) is 0 Å². The van der Waals surface area contributed by atoms with E-state index in [1.54, 1.807) is 0 Å². The number of halogens is 2. The predicted molar refractivity (Wildman–Crippen MR) is 167 cm³/mol. The summed E-state index contributed by atoms with van der Waals surface area (Å²) in [5.41, 5.74) is 3.37. The monoisotopic (exact) mass is 643 g/mol. The van der Waals surface area contributed by atoms with E-state index < -0.39 is 32.5 Å². The fourth-order valence-corrected chi connectivity index (χ4v) is 7.76. The lowest BCUT2D eigenvalue weighted by atomic mass is 10.0. The molecule has 1 aromatic heterocycles. The van der Waals surface area contributed by atoms with Crippen LogP contribution in [0.4, 0.5) is 26.0 Å². The quantitative estimate of drug-likeness (QED) is 0.356. The summed E-state index contributed by atoms with van der Waals surface area (Å²) in [7, 11) is -2.06. The van der Waals surface area contributed by atoms with Gasteiger partial charge in [0.05, 0.1) is 10.5 Å². The molecule has 0 radical (unpaired) electrons. The zero-order valence-electron chi connectivity index (χ0n) is 25.6. The number of anilines is 3. The minimum atomic E-state index is -4.20. The Labute approximate surface area is 262 Å². The second-order valence-corrected chi connectivity index (χ2v) is 14.1. The third kappa shape index (κ3) is 6.55. The minimum Gasteiger partial charge on any atom is -0.381 e. The number of nitrogens with zero attached hydrogens (tertiary/aromatic N) is 4. The van der Waals surface area contributed by atoms with Gasteiger partial charge in [0.1, 0.15) is 11.6 Å². The standard InChI is InChI=1S/C31H39F2N7O4S/c1-19-16-39(17-20(2)38(19)3)24-4-5-26(29(15-24)34-23-7-10-44-11-8-23)31(41)35-30-27-18-40(9-6-28(27)36-37-30)45(42,43)25-13-21(32)12-22(33)14-25/h4-5,12-15,19-20,23,34H,6-11,16-18H2,1-3H3,(H2,35,36,37,41). The number of rotatable bonds is 7. The maximum atomic E-state index is 13.8. The molecule has 2 aromatic carbocycles. The Morgan fingerprint density at radius 2 is 1.73 bits per heavy atom. The normalized spacial score (nSPS) is 21.8. The number of aromatic amines is 1. The molecule has 3 aromatic rings. The van der Waals surface area contributed by atoms with Crippen LogP contribution in [0.3, 0.4) is 0 Å². The second kappa shape index (κ2) is 12.7. The van der Waals surface area contributed by atoms with Crippen molar-refractivity contribution >= 4 is 33.1 Å². The molecule has 2 atom stereocenters. The lowest BCUT2D eigenvalue weighted by Crippen LogP contribution is -2.55. The highest BCUT2D eigenvalue weighted by Gasteiger charge is 2.33. The number of aromatic nitrogens is 2. The molecule has 0 bridgehead atoms. The van der Waals surface area contributed by atoms with E-state index >= 15 is 0 Å². The van der Waals surface area contributed by atoms with E-state index in [9.17, 15) is 22.0 Å². The van der Waals surface area contributed by atoms with E-state index in [0.29, 0.717) is 60.3 Å². The third-order valence-corrected chi connectivity index (χ3v) is 11.0. The highest BCUT2D eigenvalue weighted by Crippen LogP contribution is 2.32. The molecular weight excluding hydrogens is 604 g/mol. The van der Waals surface area contributed by atoms with Crippen LogP contribution in [0, 0.1) is 11.6 Å². The smallest absolute Gasteiger partial charge is 0.258 e. The molecule has 0 aliphatic carbocycles. The molecule has 45 heavy (non-hydrogen) atoms. The number of fused-ring (bicyclic) bond motifs is 1. The van der Waals surface area contributed by atoms with Crippen molar-refractivity contribution in [3.05, 3.63) is 64.9 Å². The van der Waals surface area contributed by atoms with Gasteiger partial charge in [-0.3, -0.25) is 14.8 Å². The first-order valence-corrected chi connectivity index (χ1v) is 16.7. The van der Waals surface area contributed by atoms with Gasteiger partial charge in [0.2, 0.25) is 10.0 Å². The number of H-pyrrole nitrogens is 1. The van der Waals surface area contributed by atoms with E-state index in [4.69, 9.17) is 4.74 Å². The van der Waals surface area contributed by atoms with Crippen molar-refractivity contribution in [2.45, 2.75) is 62.7 Å². The van der Waals surface area contributed by atoms with Gasteiger partial charge in [-0.25, -0.2) is 17.2 Å². The number of ether oxygens (including phenoxy) is 1. The van der Waals surface area contributed by atoms with Gasteiger partial charge in [-0.2, -0.15) is 9.40 Å². The topological polar surface area (TPSA) is 123 Å². The molecule has 2 fully saturated rings. The van der Waals surface area contributed by atoms with Crippen LogP contribution in [-0.4, -0.2) is 91.7 Å². The second-order valence-electron chi connectivity index (χ2n) is 12.2. The molecule has 2 unspecified atom stereocenters. The summed E-state index contributed by atoms with van der Waals surface area (Å²) in [6.07, 6.45) is 1.93. The van der Waals surface area contributed by atoms with Gasteiger partial charge in [-0.15, -0.1) is 0 Å². The van der Waals surface area contributed by atoms with Crippen LogP contribution < -0.4 is 15.5 Å². The molecule has 6 rings (SSSR count). The van der Waals surface area contributed by atoms with Gasteiger partial charge < -0.3 is 20.3 Å². The van der Waals surface area contributed by atoms with Gasteiger partial charge in [-0.1, -0.05) is 0 Å². The Morgan fingerprint density at radius 3 is 2.42 bits per heavy atom. The summed E-state index contributed by atoms with van der Waals surface area (Å²) < 4.78 is 60.9. The molecule has 4 heterocycles. The Hall–Kier alpha value is -3.59. The largest absolute Gasteiger partial charge is 0.381 e. The van der Waals surface area contributed by atoms with Gasteiger partial charge in [0.25, 0.3) is 5.91 Å². The van der Waals surface area contributed by atoms with Crippen LogP contribution in [0.2, 0.25) is 0 Å². The number of benzene rings is 2. The fourth-order valence-electron chi connectivity index (χ4n) is 6.30. The van der Waals surface area contributed by atoms with E-state index in [-0.39, 0.29) is 24.9 Å². The maximum absolute atomic E-state index is 13.8. The van der Waals surface area contributed by atoms with Gasteiger partial charge >= 0.3 is 0 Å². The molecule has 11 nitrogen and oxygen atoms in total.